The van der Waals surface area contributed by atoms with E-state index in [4.69, 9.17) is 0 Å². The fraction of sp³-hybridized carbons (Fsp3) is 0.583. The molecule has 2 heterocycles. The van der Waals surface area contributed by atoms with Gasteiger partial charge in [0, 0.05) is 17.8 Å². The van der Waals surface area contributed by atoms with Gasteiger partial charge in [0.05, 0.1) is 0 Å². The summed E-state index contributed by atoms with van der Waals surface area (Å²) in [6.07, 6.45) is -10.9. The van der Waals surface area contributed by atoms with E-state index in [0.717, 1.165) is 0 Å². The molecule has 1 amide bonds. The summed E-state index contributed by atoms with van der Waals surface area (Å²) in [5, 5.41) is 16.1. The molecule has 0 saturated carbocycles. The van der Waals surface area contributed by atoms with E-state index in [9.17, 15) is 36.2 Å². The smallest absolute Gasteiger partial charge is 0.362 e. The van der Waals surface area contributed by atoms with Crippen molar-refractivity contribution in [3.05, 3.63) is 17.5 Å². The third-order valence-electron chi connectivity index (χ3n) is 3.37. The lowest BCUT2D eigenvalue weighted by Crippen LogP contribution is -2.57. The van der Waals surface area contributed by atoms with Gasteiger partial charge in [-0.15, -0.1) is 0 Å². The van der Waals surface area contributed by atoms with Crippen molar-refractivity contribution in [2.24, 2.45) is 5.10 Å². The van der Waals surface area contributed by atoms with Crippen molar-refractivity contribution in [1.29, 1.82) is 0 Å². The Balaban J connectivity index is 2.28. The van der Waals surface area contributed by atoms with Gasteiger partial charge in [-0.25, -0.2) is 0 Å². The van der Waals surface area contributed by atoms with Crippen LogP contribution in [0.2, 0.25) is 0 Å². The molecule has 0 bridgehead atoms. The molecule has 0 saturated heterocycles. The summed E-state index contributed by atoms with van der Waals surface area (Å²) in [6.45, 7) is 1.46. The van der Waals surface area contributed by atoms with Crippen molar-refractivity contribution < 1.29 is 36.2 Å². The minimum atomic E-state index is -5.18. The highest BCUT2D eigenvalue weighted by molar-refractivity contribution is 5.89. The predicted octanol–water partition coefficient (Wildman–Crippen LogP) is 2.07. The number of alkyl halides is 6. The van der Waals surface area contributed by atoms with Crippen LogP contribution in [-0.4, -0.2) is 43.4 Å². The molecule has 1 aliphatic rings. The van der Waals surface area contributed by atoms with Crippen molar-refractivity contribution >= 4 is 11.6 Å². The highest BCUT2D eigenvalue weighted by Gasteiger charge is 2.62. The molecule has 0 radical (unpaired) electrons. The molecule has 0 fully saturated rings. The lowest BCUT2D eigenvalue weighted by Gasteiger charge is -2.32. The van der Waals surface area contributed by atoms with E-state index >= 15 is 0 Å². The van der Waals surface area contributed by atoms with Crippen LogP contribution in [0, 0.1) is 6.92 Å². The van der Waals surface area contributed by atoms with Crippen LogP contribution in [0.5, 0.6) is 0 Å². The molecular weight excluding hydrogens is 346 g/mol. The summed E-state index contributed by atoms with van der Waals surface area (Å²) < 4.78 is 77.4. The second-order valence-corrected chi connectivity index (χ2v) is 5.36. The molecule has 1 aromatic rings. The van der Waals surface area contributed by atoms with Gasteiger partial charge in [-0.1, -0.05) is 0 Å². The summed E-state index contributed by atoms with van der Waals surface area (Å²) in [5.74, 6) is -1.34. The number of aryl methyl sites for hydroxylation is 1. The van der Waals surface area contributed by atoms with Gasteiger partial charge in [0.2, 0.25) is 0 Å². The lowest BCUT2D eigenvalue weighted by molar-refractivity contribution is -0.302. The molecule has 1 aliphatic heterocycles. The summed E-state index contributed by atoms with van der Waals surface area (Å²) >= 11 is 0. The highest BCUT2D eigenvalue weighted by atomic mass is 19.4. The Morgan fingerprint density at radius 3 is 2.33 bits per heavy atom. The van der Waals surface area contributed by atoms with Crippen LogP contribution in [0.4, 0.5) is 26.3 Å². The first-order valence-corrected chi connectivity index (χ1v) is 6.53. The third kappa shape index (κ3) is 3.09. The predicted molar refractivity (Wildman–Crippen MR) is 67.5 cm³/mol. The van der Waals surface area contributed by atoms with Crippen molar-refractivity contribution in [2.75, 3.05) is 0 Å². The number of carbonyl (C=O) groups excluding carboxylic acids is 1. The fourth-order valence-electron chi connectivity index (χ4n) is 2.21. The maximum Gasteiger partial charge on any atom is 0.438 e. The van der Waals surface area contributed by atoms with E-state index in [1.807, 2.05) is 0 Å². The second-order valence-electron chi connectivity index (χ2n) is 5.36. The first-order chi connectivity index (χ1) is 10.8. The Bertz CT molecular complexity index is 693. The number of rotatable bonds is 2. The van der Waals surface area contributed by atoms with Gasteiger partial charge in [0.25, 0.3) is 11.6 Å². The van der Waals surface area contributed by atoms with E-state index in [1.165, 1.54) is 13.8 Å². The van der Waals surface area contributed by atoms with Gasteiger partial charge in [0.1, 0.15) is 6.54 Å². The fourth-order valence-corrected chi connectivity index (χ4v) is 2.21. The van der Waals surface area contributed by atoms with Crippen LogP contribution in [0.3, 0.4) is 0 Å². The zero-order valence-corrected chi connectivity index (χ0v) is 12.4. The van der Waals surface area contributed by atoms with Gasteiger partial charge in [-0.2, -0.15) is 41.6 Å². The minimum absolute atomic E-state index is 0.0777. The second kappa shape index (κ2) is 5.46. The molecule has 1 N–H and O–H groups in total. The molecule has 1 atom stereocenters. The normalized spacial score (nSPS) is 22.0. The largest absolute Gasteiger partial charge is 0.438 e. The maximum absolute atomic E-state index is 13.0. The number of nitrogens with zero attached hydrogens (tertiary/aromatic N) is 4. The monoisotopic (exact) mass is 358 g/mol. The molecule has 12 heteroatoms. The van der Waals surface area contributed by atoms with E-state index in [2.05, 4.69) is 10.2 Å². The van der Waals surface area contributed by atoms with E-state index in [0.29, 0.717) is 10.7 Å². The Hall–Kier alpha value is -2.11. The Morgan fingerprint density at radius 1 is 1.29 bits per heavy atom. The van der Waals surface area contributed by atoms with Crippen molar-refractivity contribution in [3.63, 3.8) is 0 Å². The van der Waals surface area contributed by atoms with Crippen molar-refractivity contribution in [3.8, 4) is 0 Å². The zero-order chi connectivity index (χ0) is 18.5. The van der Waals surface area contributed by atoms with Crippen LogP contribution < -0.4 is 0 Å². The molecule has 6 nitrogen and oxygen atoms in total. The van der Waals surface area contributed by atoms with Gasteiger partial charge in [-0.05, 0) is 19.9 Å². The highest BCUT2D eigenvalue weighted by Crippen LogP contribution is 2.40. The molecule has 0 spiro atoms. The summed E-state index contributed by atoms with van der Waals surface area (Å²) in [4.78, 5) is 12.1. The Labute approximate surface area is 131 Å². The lowest BCUT2D eigenvalue weighted by atomic mass is 10.1. The topological polar surface area (TPSA) is 70.7 Å². The molecule has 0 aliphatic carbocycles. The summed E-state index contributed by atoms with van der Waals surface area (Å²) in [7, 11) is 0. The van der Waals surface area contributed by atoms with Crippen molar-refractivity contribution in [2.45, 2.75) is 44.9 Å². The van der Waals surface area contributed by atoms with Gasteiger partial charge >= 0.3 is 12.4 Å². The van der Waals surface area contributed by atoms with Crippen LogP contribution in [0.1, 0.15) is 24.7 Å². The average Bonchev–Trinajstić information content (AvgIpc) is 2.90. The number of hydrazone groups is 1. The third-order valence-corrected chi connectivity index (χ3v) is 3.37. The van der Waals surface area contributed by atoms with Crippen LogP contribution in [0.15, 0.2) is 11.2 Å². The molecule has 134 valence electrons. The number of carbonyl (C=O) groups is 1. The standard InChI is InChI=1S/C12H12F6N4O2/c1-6-4-10(24,12(16,17)18)22(19-6)9(23)5-21-7(2)3-8(20-21)11(13,14)15/h3,24H,4-5H2,1-2H3/t10-/m0/s1. The minimum Gasteiger partial charge on any atom is -0.362 e. The first-order valence-electron chi connectivity index (χ1n) is 6.53. The SMILES string of the molecule is CC1=NN(C(=O)Cn2nc(C(F)(F)F)cc2C)[C@@](O)(C(F)(F)F)C1. The number of aromatic nitrogens is 2. The van der Waals surface area contributed by atoms with E-state index < -0.39 is 42.6 Å². The van der Waals surface area contributed by atoms with E-state index in [-0.39, 0.29) is 16.4 Å². The molecule has 2 rings (SSSR count). The summed E-state index contributed by atoms with van der Waals surface area (Å²) in [6, 6.07) is 0.654. The number of hydrogen-bond acceptors (Lipinski definition) is 4. The maximum atomic E-state index is 13.0. The van der Waals surface area contributed by atoms with Gasteiger partial charge in [0.15, 0.2) is 5.69 Å². The quantitative estimate of drug-likeness (QED) is 0.823. The number of halogens is 6. The molecule has 0 aromatic carbocycles. The number of amides is 1. The molecule has 1 aromatic heterocycles. The van der Waals surface area contributed by atoms with E-state index in [1.54, 1.807) is 0 Å². The average molecular weight is 358 g/mol. The van der Waals surface area contributed by atoms with Crippen LogP contribution >= 0.6 is 0 Å². The zero-order valence-electron chi connectivity index (χ0n) is 12.4. The molecule has 0 unspecified atom stereocenters. The Kier molecular flexibility index (Phi) is 4.15. The molecule has 24 heavy (non-hydrogen) atoms. The van der Waals surface area contributed by atoms with Gasteiger partial charge < -0.3 is 5.11 Å². The number of aliphatic hydroxyl groups is 1. The molecular formula is C12H12F6N4O2. The summed E-state index contributed by atoms with van der Waals surface area (Å²) in [5.41, 5.74) is -5.02. The van der Waals surface area contributed by atoms with Gasteiger partial charge in [-0.3, -0.25) is 9.48 Å². The first kappa shape index (κ1) is 18.2. The Morgan fingerprint density at radius 2 is 1.88 bits per heavy atom. The number of hydrogen-bond donors (Lipinski definition) is 1. The van der Waals surface area contributed by atoms with Crippen LogP contribution in [0.25, 0.3) is 0 Å². The van der Waals surface area contributed by atoms with Crippen LogP contribution in [-0.2, 0) is 17.5 Å². The van der Waals surface area contributed by atoms with Crippen molar-refractivity contribution in [1.82, 2.24) is 14.8 Å².